The molecule has 0 bridgehead atoms. The highest BCUT2D eigenvalue weighted by Gasteiger charge is 2.25. The number of nitrogens with one attached hydrogen (secondary N) is 1. The van der Waals surface area contributed by atoms with E-state index in [0.29, 0.717) is 36.1 Å². The number of hydrogen-bond donors (Lipinski definition) is 2. The monoisotopic (exact) mass is 559 g/mol. The van der Waals surface area contributed by atoms with Gasteiger partial charge in [0.25, 0.3) is 5.91 Å². The summed E-state index contributed by atoms with van der Waals surface area (Å²) < 4.78 is 47.3. The van der Waals surface area contributed by atoms with Gasteiger partial charge in [0.1, 0.15) is 17.2 Å². The summed E-state index contributed by atoms with van der Waals surface area (Å²) in [6.45, 7) is 1.42. The lowest BCUT2D eigenvalue weighted by molar-refractivity contribution is -0.0515. The number of benzene rings is 1. The Hall–Kier alpha value is -4.42. The Morgan fingerprint density at radius 3 is 2.65 bits per heavy atom. The second-order valence-electron chi connectivity index (χ2n) is 9.28. The fourth-order valence-corrected chi connectivity index (χ4v) is 3.76. The van der Waals surface area contributed by atoms with E-state index in [-0.39, 0.29) is 41.3 Å². The molecule has 2 aromatic heterocycles. The Balaban J connectivity index is 1.61. The van der Waals surface area contributed by atoms with Crippen LogP contribution >= 0.6 is 0 Å². The summed E-state index contributed by atoms with van der Waals surface area (Å²) in [5.74, 6) is 0.948. The van der Waals surface area contributed by atoms with Crippen LogP contribution in [-0.4, -0.2) is 53.7 Å². The molecule has 214 valence electrons. The van der Waals surface area contributed by atoms with Gasteiger partial charge in [0.15, 0.2) is 23.4 Å². The molecule has 1 saturated carbocycles. The molecule has 40 heavy (non-hydrogen) atoms. The topological polar surface area (TPSA) is 142 Å². The van der Waals surface area contributed by atoms with E-state index in [2.05, 4.69) is 20.0 Å². The number of oxazole rings is 1. The zero-order valence-corrected chi connectivity index (χ0v) is 22.4. The second kappa shape index (κ2) is 12.6. The molecule has 0 spiro atoms. The summed E-state index contributed by atoms with van der Waals surface area (Å²) in [6, 6.07) is 9.38. The number of anilines is 1. The highest BCUT2D eigenvalue weighted by molar-refractivity contribution is 5.92. The summed E-state index contributed by atoms with van der Waals surface area (Å²) in [6.07, 6.45) is 0.148. The van der Waals surface area contributed by atoms with Crippen LogP contribution in [0.1, 0.15) is 54.7 Å². The third-order valence-electron chi connectivity index (χ3n) is 6.19. The Morgan fingerprint density at radius 1 is 1.20 bits per heavy atom. The van der Waals surface area contributed by atoms with Crippen LogP contribution in [0.3, 0.4) is 0 Å². The number of hydrogen-bond acceptors (Lipinski definition) is 9. The van der Waals surface area contributed by atoms with Crippen molar-refractivity contribution in [3.05, 3.63) is 53.5 Å². The zero-order chi connectivity index (χ0) is 28.8. The molecule has 0 aliphatic heterocycles. The predicted molar refractivity (Wildman–Crippen MR) is 140 cm³/mol. The molecule has 1 aliphatic rings. The molecule has 0 saturated heterocycles. The van der Waals surface area contributed by atoms with Crippen molar-refractivity contribution >= 4 is 17.8 Å². The van der Waals surface area contributed by atoms with E-state index < -0.39 is 18.8 Å². The summed E-state index contributed by atoms with van der Waals surface area (Å²) in [5.41, 5.74) is 6.28. The predicted octanol–water partition coefficient (Wildman–Crippen LogP) is 4.99. The Labute approximate surface area is 229 Å². The number of amides is 2. The molecule has 2 amide bonds. The number of carbonyl (C=O) groups is 2. The first kappa shape index (κ1) is 28.6. The smallest absolute Gasteiger partial charge is 0.405 e. The van der Waals surface area contributed by atoms with Gasteiger partial charge < -0.3 is 34.6 Å². The van der Waals surface area contributed by atoms with Crippen molar-refractivity contribution in [3.63, 3.8) is 0 Å². The first-order valence-corrected chi connectivity index (χ1v) is 12.8. The van der Waals surface area contributed by atoms with Crippen molar-refractivity contribution in [3.8, 4) is 23.0 Å². The lowest BCUT2D eigenvalue weighted by Crippen LogP contribution is -2.27. The summed E-state index contributed by atoms with van der Waals surface area (Å²) in [7, 11) is 1.68. The number of halogens is 2. The molecular formula is C27H31F2N5O6. The Kier molecular flexibility index (Phi) is 9.02. The van der Waals surface area contributed by atoms with Gasteiger partial charge in [0, 0.05) is 19.2 Å². The maximum atomic E-state index is 12.9. The number of ether oxygens (including phenoxy) is 3. The molecule has 3 aromatic rings. The van der Waals surface area contributed by atoms with E-state index in [0.717, 1.165) is 12.8 Å². The fourth-order valence-electron chi connectivity index (χ4n) is 3.76. The molecule has 1 unspecified atom stereocenters. The van der Waals surface area contributed by atoms with Crippen molar-refractivity contribution in [2.75, 3.05) is 25.5 Å². The maximum Gasteiger partial charge on any atom is 0.405 e. The summed E-state index contributed by atoms with van der Waals surface area (Å²) in [5, 5.41) is 3.10. The summed E-state index contributed by atoms with van der Waals surface area (Å²) >= 11 is 0. The number of primary amides is 1. The number of nitrogens with two attached hydrogens (primary N) is 1. The first-order chi connectivity index (χ1) is 19.1. The van der Waals surface area contributed by atoms with Gasteiger partial charge in [0.2, 0.25) is 5.89 Å². The van der Waals surface area contributed by atoms with Crippen LogP contribution in [0.5, 0.6) is 11.5 Å². The van der Waals surface area contributed by atoms with E-state index in [9.17, 15) is 18.4 Å². The Bertz CT molecular complexity index is 1350. The molecule has 11 nitrogen and oxygen atoms in total. The normalized spacial score (nSPS) is 13.6. The highest BCUT2D eigenvalue weighted by atomic mass is 19.3. The van der Waals surface area contributed by atoms with Gasteiger partial charge in [-0.3, -0.25) is 4.79 Å². The van der Waals surface area contributed by atoms with Gasteiger partial charge >= 0.3 is 12.7 Å². The van der Waals surface area contributed by atoms with E-state index in [4.69, 9.17) is 19.6 Å². The van der Waals surface area contributed by atoms with Gasteiger partial charge in [-0.25, -0.2) is 14.8 Å². The number of alkyl halides is 2. The van der Waals surface area contributed by atoms with Crippen molar-refractivity contribution in [1.29, 1.82) is 0 Å². The first-order valence-electron chi connectivity index (χ1n) is 12.8. The molecule has 1 fully saturated rings. The number of nitrogens with zero attached hydrogens (tertiary/aromatic N) is 3. The van der Waals surface area contributed by atoms with Crippen LogP contribution in [0, 0.1) is 5.92 Å². The molecule has 3 N–H and O–H groups in total. The molecule has 1 atom stereocenters. The lowest BCUT2D eigenvalue weighted by Gasteiger charge is -2.14. The fraction of sp³-hybridized carbons (Fsp3) is 0.407. The maximum absolute atomic E-state index is 12.9. The van der Waals surface area contributed by atoms with Crippen molar-refractivity contribution < 1.29 is 37.0 Å². The number of pyridine rings is 1. The highest BCUT2D eigenvalue weighted by Crippen LogP contribution is 2.37. The molecule has 4 rings (SSSR count). The number of carbonyl (C=O) groups excluding carboxylic acids is 2. The van der Waals surface area contributed by atoms with Crippen molar-refractivity contribution in [1.82, 2.24) is 14.9 Å². The third-order valence-corrected chi connectivity index (χ3v) is 6.19. The van der Waals surface area contributed by atoms with Crippen molar-refractivity contribution in [2.24, 2.45) is 11.7 Å². The average Bonchev–Trinajstić information content (AvgIpc) is 3.66. The molecule has 1 aliphatic carbocycles. The lowest BCUT2D eigenvalue weighted by atomic mass is 10.2. The van der Waals surface area contributed by atoms with Crippen LogP contribution in [0.2, 0.25) is 0 Å². The van der Waals surface area contributed by atoms with Gasteiger partial charge in [-0.05, 0) is 62.9 Å². The van der Waals surface area contributed by atoms with E-state index in [1.54, 1.807) is 32.2 Å². The van der Waals surface area contributed by atoms with Gasteiger partial charge in [-0.1, -0.05) is 6.07 Å². The minimum Gasteiger partial charge on any atom is -0.489 e. The third kappa shape index (κ3) is 7.36. The number of rotatable bonds is 13. The van der Waals surface area contributed by atoms with Crippen LogP contribution in [0.15, 0.2) is 40.8 Å². The molecule has 13 heteroatoms. The standard InChI is InChI=1S/C27H31F2N5O6/c1-4-34(3)25(35)18-6-5-7-22(32-18)31-13-19-23(15(2)38-27(30)36)40-24(33-19)17-10-11-20(39-26(28)29)21(12-17)37-14-16-8-9-16/h5-7,10-12,15-16,26H,4,8-9,13-14H2,1-3H3,(H2,30,36)(H,31,32). The van der Waals surface area contributed by atoms with Crippen molar-refractivity contribution in [2.45, 2.75) is 45.9 Å². The Morgan fingerprint density at radius 2 is 1.98 bits per heavy atom. The molecule has 2 heterocycles. The van der Waals surface area contributed by atoms with Crippen LogP contribution < -0.4 is 20.5 Å². The van der Waals surface area contributed by atoms with E-state index in [1.807, 2.05) is 6.92 Å². The van der Waals surface area contributed by atoms with Crippen LogP contribution in [-0.2, 0) is 11.3 Å². The van der Waals surface area contributed by atoms with Gasteiger partial charge in [-0.2, -0.15) is 8.78 Å². The minimum atomic E-state index is -3.02. The zero-order valence-electron chi connectivity index (χ0n) is 22.4. The van der Waals surface area contributed by atoms with Gasteiger partial charge in [0.05, 0.1) is 13.2 Å². The SMILES string of the molecule is CCN(C)C(=O)c1cccc(NCc2nc(-c3ccc(OC(F)F)c(OCC4CC4)c3)oc2C(C)OC(N)=O)n1. The van der Waals surface area contributed by atoms with E-state index in [1.165, 1.54) is 23.1 Å². The number of aromatic nitrogens is 2. The largest absolute Gasteiger partial charge is 0.489 e. The summed E-state index contributed by atoms with van der Waals surface area (Å²) in [4.78, 5) is 34.4. The molecule has 1 aromatic carbocycles. The van der Waals surface area contributed by atoms with Gasteiger partial charge in [-0.15, -0.1) is 0 Å². The van der Waals surface area contributed by atoms with Crippen LogP contribution in [0.4, 0.5) is 19.4 Å². The molecular weight excluding hydrogens is 528 g/mol. The average molecular weight is 560 g/mol. The quantitative estimate of drug-likeness (QED) is 0.296. The molecule has 0 radical (unpaired) electrons. The minimum absolute atomic E-state index is 0.0944. The van der Waals surface area contributed by atoms with Crippen LogP contribution in [0.25, 0.3) is 11.5 Å². The second-order valence-corrected chi connectivity index (χ2v) is 9.28. The van der Waals surface area contributed by atoms with E-state index >= 15 is 0 Å².